The number of primary amides is 1. The molecule has 3 rings (SSSR count). The van der Waals surface area contributed by atoms with E-state index >= 15 is 0 Å². The lowest BCUT2D eigenvalue weighted by Crippen LogP contribution is -2.42. The predicted octanol–water partition coefficient (Wildman–Crippen LogP) is 2.38. The van der Waals surface area contributed by atoms with Crippen molar-refractivity contribution in [3.63, 3.8) is 0 Å². The van der Waals surface area contributed by atoms with Gasteiger partial charge in [0, 0.05) is 24.9 Å². The van der Waals surface area contributed by atoms with E-state index in [-0.39, 0.29) is 11.9 Å². The standard InChI is InChI=1S/C17H22N2O2/c1-2-3-11-21-17(16(18)20)12-15(17)19-10-6-8-13-7-4-5-9-14(13)19/h4-7,9-10,15H,2-3,8,11-12H2,1H3,(H2,18,20). The van der Waals surface area contributed by atoms with Crippen LogP contribution >= 0.6 is 0 Å². The fraction of sp³-hybridized carbons (Fsp3) is 0.471. The summed E-state index contributed by atoms with van der Waals surface area (Å²) in [4.78, 5) is 14.0. The Labute approximate surface area is 125 Å². The first-order chi connectivity index (χ1) is 10.2. The van der Waals surface area contributed by atoms with E-state index in [4.69, 9.17) is 10.5 Å². The molecule has 4 nitrogen and oxygen atoms in total. The molecule has 1 fully saturated rings. The van der Waals surface area contributed by atoms with Crippen LogP contribution in [-0.4, -0.2) is 24.2 Å². The van der Waals surface area contributed by atoms with Gasteiger partial charge in [-0.15, -0.1) is 0 Å². The van der Waals surface area contributed by atoms with Gasteiger partial charge in [0.05, 0.1) is 6.04 Å². The van der Waals surface area contributed by atoms with Gasteiger partial charge in [-0.25, -0.2) is 0 Å². The quantitative estimate of drug-likeness (QED) is 0.817. The number of unbranched alkanes of at least 4 members (excludes halogenated alkanes) is 1. The zero-order chi connectivity index (χ0) is 14.9. The van der Waals surface area contributed by atoms with Crippen LogP contribution in [0.5, 0.6) is 0 Å². The van der Waals surface area contributed by atoms with Crippen LogP contribution in [-0.2, 0) is 16.0 Å². The number of ether oxygens (including phenoxy) is 1. The summed E-state index contributed by atoms with van der Waals surface area (Å²) in [7, 11) is 0. The van der Waals surface area contributed by atoms with Gasteiger partial charge in [0.1, 0.15) is 0 Å². The summed E-state index contributed by atoms with van der Waals surface area (Å²) in [5.41, 5.74) is 7.24. The molecule has 2 aliphatic rings. The highest BCUT2D eigenvalue weighted by atomic mass is 16.5. The molecule has 2 atom stereocenters. The molecule has 2 N–H and O–H groups in total. The third-order valence-corrected chi connectivity index (χ3v) is 4.36. The number of hydrogen-bond donors (Lipinski definition) is 1. The maximum atomic E-state index is 11.9. The summed E-state index contributed by atoms with van der Waals surface area (Å²) in [6.07, 6.45) is 7.78. The molecule has 1 aliphatic heterocycles. The zero-order valence-corrected chi connectivity index (χ0v) is 12.4. The number of fused-ring (bicyclic) bond motifs is 1. The fourth-order valence-electron chi connectivity index (χ4n) is 3.02. The Morgan fingerprint density at radius 3 is 3.05 bits per heavy atom. The molecule has 1 aromatic carbocycles. The lowest BCUT2D eigenvalue weighted by molar-refractivity contribution is -0.132. The Bertz CT molecular complexity index is 570. The summed E-state index contributed by atoms with van der Waals surface area (Å²) in [5, 5.41) is 0. The van der Waals surface area contributed by atoms with E-state index in [1.807, 2.05) is 12.1 Å². The number of carbonyl (C=O) groups is 1. The summed E-state index contributed by atoms with van der Waals surface area (Å²) in [5.74, 6) is -0.347. The molecule has 112 valence electrons. The molecular formula is C17H22N2O2. The van der Waals surface area contributed by atoms with E-state index in [0.29, 0.717) is 13.0 Å². The van der Waals surface area contributed by atoms with Crippen LogP contribution in [0.1, 0.15) is 31.7 Å². The van der Waals surface area contributed by atoms with Crippen LogP contribution in [0.2, 0.25) is 0 Å². The molecule has 1 amide bonds. The maximum Gasteiger partial charge on any atom is 0.251 e. The molecule has 1 aromatic rings. The first kappa shape index (κ1) is 14.1. The minimum absolute atomic E-state index is 0.0181. The average molecular weight is 286 g/mol. The number of para-hydroxylation sites is 1. The molecule has 1 saturated carbocycles. The first-order valence-corrected chi connectivity index (χ1v) is 7.66. The van der Waals surface area contributed by atoms with E-state index in [1.165, 1.54) is 5.56 Å². The number of nitrogens with two attached hydrogens (primary N) is 1. The van der Waals surface area contributed by atoms with Crippen LogP contribution < -0.4 is 10.6 Å². The highest BCUT2D eigenvalue weighted by molar-refractivity contribution is 5.90. The smallest absolute Gasteiger partial charge is 0.251 e. The topological polar surface area (TPSA) is 55.6 Å². The van der Waals surface area contributed by atoms with Crippen molar-refractivity contribution in [2.24, 2.45) is 5.73 Å². The van der Waals surface area contributed by atoms with E-state index in [2.05, 4.69) is 36.2 Å². The third-order valence-electron chi connectivity index (χ3n) is 4.36. The van der Waals surface area contributed by atoms with Gasteiger partial charge in [-0.05, 0) is 24.5 Å². The molecule has 0 aromatic heterocycles. The van der Waals surface area contributed by atoms with Gasteiger partial charge in [0.15, 0.2) is 5.60 Å². The SMILES string of the molecule is CCCCOC1(C(N)=O)CC1N1C=CCc2ccccc21. The van der Waals surface area contributed by atoms with Gasteiger partial charge >= 0.3 is 0 Å². The van der Waals surface area contributed by atoms with Crippen molar-refractivity contribution in [3.8, 4) is 0 Å². The highest BCUT2D eigenvalue weighted by Crippen LogP contribution is 2.47. The molecule has 0 bridgehead atoms. The highest BCUT2D eigenvalue weighted by Gasteiger charge is 2.63. The molecule has 1 aliphatic carbocycles. The molecule has 1 heterocycles. The number of anilines is 1. The van der Waals surface area contributed by atoms with Gasteiger partial charge < -0.3 is 15.4 Å². The maximum absolute atomic E-state index is 11.9. The monoisotopic (exact) mass is 286 g/mol. The van der Waals surface area contributed by atoms with Crippen LogP contribution in [0.3, 0.4) is 0 Å². The lowest BCUT2D eigenvalue weighted by Gasteiger charge is -2.28. The van der Waals surface area contributed by atoms with E-state index < -0.39 is 5.60 Å². The van der Waals surface area contributed by atoms with Crippen LogP contribution in [0.15, 0.2) is 36.5 Å². The number of carbonyl (C=O) groups excluding carboxylic acids is 1. The second-order valence-corrected chi connectivity index (χ2v) is 5.80. The molecule has 21 heavy (non-hydrogen) atoms. The molecular weight excluding hydrogens is 264 g/mol. The predicted molar refractivity (Wildman–Crippen MR) is 83.0 cm³/mol. The van der Waals surface area contributed by atoms with Gasteiger partial charge in [0.25, 0.3) is 5.91 Å². The molecule has 4 heteroatoms. The molecule has 0 radical (unpaired) electrons. The van der Waals surface area contributed by atoms with Crippen molar-refractivity contribution < 1.29 is 9.53 Å². The van der Waals surface area contributed by atoms with Crippen LogP contribution in [0.25, 0.3) is 0 Å². The Hall–Kier alpha value is -1.81. The lowest BCUT2D eigenvalue weighted by atomic mass is 10.1. The minimum Gasteiger partial charge on any atom is -0.367 e. The van der Waals surface area contributed by atoms with E-state index in [1.54, 1.807) is 0 Å². The molecule has 0 saturated heterocycles. The number of allylic oxidation sites excluding steroid dienone is 1. The van der Waals surface area contributed by atoms with Crippen LogP contribution in [0, 0.1) is 0 Å². The molecule has 0 spiro atoms. The Morgan fingerprint density at radius 1 is 1.48 bits per heavy atom. The third kappa shape index (κ3) is 2.44. The summed E-state index contributed by atoms with van der Waals surface area (Å²) in [6.45, 7) is 2.70. The Kier molecular flexibility index (Phi) is 3.72. The summed E-state index contributed by atoms with van der Waals surface area (Å²) >= 11 is 0. The van der Waals surface area contributed by atoms with Crippen molar-refractivity contribution >= 4 is 11.6 Å². The van der Waals surface area contributed by atoms with Gasteiger partial charge in [-0.3, -0.25) is 4.79 Å². The normalized spacial score (nSPS) is 26.5. The van der Waals surface area contributed by atoms with E-state index in [0.717, 1.165) is 24.9 Å². The Morgan fingerprint density at radius 2 is 2.29 bits per heavy atom. The number of hydrogen-bond acceptors (Lipinski definition) is 3. The van der Waals surface area contributed by atoms with Crippen molar-refractivity contribution in [3.05, 3.63) is 42.1 Å². The minimum atomic E-state index is -0.816. The van der Waals surface area contributed by atoms with Crippen LogP contribution in [0.4, 0.5) is 5.69 Å². The van der Waals surface area contributed by atoms with Crippen molar-refractivity contribution in [1.82, 2.24) is 0 Å². The van der Waals surface area contributed by atoms with Gasteiger partial charge in [0.2, 0.25) is 0 Å². The van der Waals surface area contributed by atoms with Crippen molar-refractivity contribution in [1.29, 1.82) is 0 Å². The fourth-order valence-corrected chi connectivity index (χ4v) is 3.02. The zero-order valence-electron chi connectivity index (χ0n) is 12.4. The Balaban J connectivity index is 1.80. The second-order valence-electron chi connectivity index (χ2n) is 5.80. The number of benzene rings is 1. The number of nitrogens with zero attached hydrogens (tertiary/aromatic N) is 1. The largest absolute Gasteiger partial charge is 0.367 e. The van der Waals surface area contributed by atoms with Gasteiger partial charge in [-0.1, -0.05) is 37.6 Å². The first-order valence-electron chi connectivity index (χ1n) is 7.66. The molecule has 2 unspecified atom stereocenters. The number of rotatable bonds is 6. The van der Waals surface area contributed by atoms with Gasteiger partial charge in [-0.2, -0.15) is 0 Å². The summed E-state index contributed by atoms with van der Waals surface area (Å²) < 4.78 is 5.87. The average Bonchev–Trinajstić information content (AvgIpc) is 3.23. The van der Waals surface area contributed by atoms with E-state index in [9.17, 15) is 4.79 Å². The van der Waals surface area contributed by atoms with Crippen molar-refractivity contribution in [2.45, 2.75) is 44.2 Å². The second kappa shape index (κ2) is 5.53. The summed E-state index contributed by atoms with van der Waals surface area (Å²) in [6, 6.07) is 8.30. The van der Waals surface area contributed by atoms with Crippen molar-refractivity contribution in [2.75, 3.05) is 11.5 Å². The number of amides is 1.